The van der Waals surface area contributed by atoms with Crippen LogP contribution in [0.2, 0.25) is 0 Å². The van der Waals surface area contributed by atoms with Gasteiger partial charge in [-0.1, -0.05) is 18.2 Å². The fraction of sp³-hybridized carbons (Fsp3) is 0.357. The zero-order valence-corrected chi connectivity index (χ0v) is 12.1. The molecule has 0 radical (unpaired) electrons. The summed E-state index contributed by atoms with van der Waals surface area (Å²) in [5.41, 5.74) is -0.0906. The third kappa shape index (κ3) is 2.87. The van der Waals surface area contributed by atoms with Crippen molar-refractivity contribution >= 4 is 27.5 Å². The number of aromatic amines is 1. The van der Waals surface area contributed by atoms with E-state index in [0.717, 1.165) is 0 Å². The van der Waals surface area contributed by atoms with Gasteiger partial charge in [0, 0.05) is 33.7 Å². The van der Waals surface area contributed by atoms with Crippen molar-refractivity contribution in [3.8, 4) is 0 Å². The third-order valence-corrected chi connectivity index (χ3v) is 5.02. The molecule has 1 fully saturated rings. The van der Waals surface area contributed by atoms with Crippen LogP contribution in [0.5, 0.6) is 0 Å². The molecule has 0 aliphatic carbocycles. The Morgan fingerprint density at radius 2 is 1.90 bits per heavy atom. The molecule has 1 aliphatic heterocycles. The fourth-order valence-corrected chi connectivity index (χ4v) is 3.78. The van der Waals surface area contributed by atoms with Gasteiger partial charge in [0.15, 0.2) is 5.69 Å². The lowest BCUT2D eigenvalue weighted by molar-refractivity contribution is 0.0930. The molecule has 21 heavy (non-hydrogen) atoms. The van der Waals surface area contributed by atoms with Crippen LogP contribution < -0.4 is 10.9 Å². The van der Waals surface area contributed by atoms with Crippen molar-refractivity contribution < 1.29 is 9.00 Å². The largest absolute Gasteiger partial charge is 0.348 e. The Kier molecular flexibility index (Phi) is 3.83. The highest BCUT2D eigenvalue weighted by molar-refractivity contribution is 7.85. The molecule has 0 saturated carbocycles. The van der Waals surface area contributed by atoms with E-state index < -0.39 is 10.8 Å². The fourth-order valence-electron chi connectivity index (χ4n) is 2.48. The number of carbonyl (C=O) groups excluding carboxylic acids is 1. The van der Waals surface area contributed by atoms with Gasteiger partial charge >= 0.3 is 0 Å². The predicted octanol–water partition coefficient (Wildman–Crippen LogP) is 0.564. The molecule has 1 aliphatic rings. The smallest absolute Gasteiger partial charge is 0.272 e. The lowest BCUT2D eigenvalue weighted by Gasteiger charge is -2.22. The van der Waals surface area contributed by atoms with Crippen LogP contribution in [-0.2, 0) is 10.8 Å². The number of benzene rings is 1. The molecule has 1 amide bonds. The van der Waals surface area contributed by atoms with Gasteiger partial charge in [0.25, 0.3) is 11.5 Å². The lowest BCUT2D eigenvalue weighted by Crippen LogP contribution is -2.40. The average Bonchev–Trinajstić information content (AvgIpc) is 2.50. The van der Waals surface area contributed by atoms with Crippen LogP contribution in [0.15, 0.2) is 29.1 Å². The van der Waals surface area contributed by atoms with E-state index in [2.05, 4.69) is 15.5 Å². The zero-order valence-electron chi connectivity index (χ0n) is 11.3. The molecule has 3 rings (SSSR count). The highest BCUT2D eigenvalue weighted by Crippen LogP contribution is 2.14. The minimum absolute atomic E-state index is 0.0164. The van der Waals surface area contributed by atoms with Gasteiger partial charge in [0.2, 0.25) is 0 Å². The molecule has 6 nitrogen and oxygen atoms in total. The first-order valence-electron chi connectivity index (χ1n) is 6.78. The van der Waals surface area contributed by atoms with Gasteiger partial charge in [-0.25, -0.2) is 5.10 Å². The topological polar surface area (TPSA) is 91.9 Å². The SMILES string of the molecule is O=C(NC1CCS(=O)CC1)c1n[nH]c(=O)c2ccccc12. The van der Waals surface area contributed by atoms with Crippen LogP contribution in [0.1, 0.15) is 23.3 Å². The quantitative estimate of drug-likeness (QED) is 0.848. The maximum absolute atomic E-state index is 12.3. The van der Waals surface area contributed by atoms with Gasteiger partial charge in [0.1, 0.15) is 0 Å². The van der Waals surface area contributed by atoms with Gasteiger partial charge < -0.3 is 5.32 Å². The van der Waals surface area contributed by atoms with Crippen LogP contribution in [0.4, 0.5) is 0 Å². The number of nitrogens with one attached hydrogen (secondary N) is 2. The summed E-state index contributed by atoms with van der Waals surface area (Å²) < 4.78 is 11.3. The van der Waals surface area contributed by atoms with Gasteiger partial charge in [-0.05, 0) is 18.9 Å². The first-order chi connectivity index (χ1) is 10.1. The second-order valence-electron chi connectivity index (χ2n) is 5.04. The minimum atomic E-state index is -0.760. The van der Waals surface area contributed by atoms with Crippen molar-refractivity contribution in [2.45, 2.75) is 18.9 Å². The molecule has 0 unspecified atom stereocenters. The third-order valence-electron chi connectivity index (χ3n) is 3.63. The molecule has 1 aromatic carbocycles. The molecule has 1 aromatic heterocycles. The van der Waals surface area contributed by atoms with Crippen molar-refractivity contribution in [1.29, 1.82) is 0 Å². The number of carbonyl (C=O) groups is 1. The predicted molar refractivity (Wildman–Crippen MR) is 80.7 cm³/mol. The van der Waals surface area contributed by atoms with Gasteiger partial charge in [0.05, 0.1) is 5.39 Å². The summed E-state index contributed by atoms with van der Waals surface area (Å²) in [7, 11) is -0.760. The van der Waals surface area contributed by atoms with Crippen LogP contribution in [0.25, 0.3) is 10.8 Å². The second-order valence-corrected chi connectivity index (χ2v) is 6.74. The van der Waals surface area contributed by atoms with Crippen LogP contribution in [0.3, 0.4) is 0 Å². The Balaban J connectivity index is 1.87. The minimum Gasteiger partial charge on any atom is -0.348 e. The lowest BCUT2D eigenvalue weighted by atomic mass is 10.1. The number of H-pyrrole nitrogens is 1. The molecular formula is C14H15N3O3S. The second kappa shape index (κ2) is 5.77. The van der Waals surface area contributed by atoms with E-state index in [4.69, 9.17) is 0 Å². The summed E-state index contributed by atoms with van der Waals surface area (Å²) in [5.74, 6) is 0.926. The molecule has 0 spiro atoms. The molecule has 0 atom stereocenters. The van der Waals surface area contributed by atoms with Crippen LogP contribution >= 0.6 is 0 Å². The summed E-state index contributed by atoms with van der Waals surface area (Å²) in [6.45, 7) is 0. The molecule has 2 N–H and O–H groups in total. The molecule has 2 aromatic rings. The molecule has 2 heterocycles. The van der Waals surface area contributed by atoms with E-state index in [1.54, 1.807) is 24.3 Å². The Morgan fingerprint density at radius 3 is 2.62 bits per heavy atom. The summed E-state index contributed by atoms with van der Waals surface area (Å²) in [4.78, 5) is 24.0. The number of amides is 1. The van der Waals surface area contributed by atoms with E-state index in [1.807, 2.05) is 0 Å². The molecule has 7 heteroatoms. The zero-order chi connectivity index (χ0) is 14.8. The summed E-state index contributed by atoms with van der Waals surface area (Å²) >= 11 is 0. The maximum atomic E-state index is 12.3. The average molecular weight is 305 g/mol. The standard InChI is InChI=1S/C14H15N3O3S/c18-13-11-4-2-1-3-10(11)12(16-17-13)14(19)15-9-5-7-21(20)8-6-9/h1-4,9H,5-8H2,(H,15,19)(H,17,18). The Morgan fingerprint density at radius 1 is 1.24 bits per heavy atom. The van der Waals surface area contributed by atoms with Gasteiger partial charge in [-0.3, -0.25) is 13.8 Å². The van der Waals surface area contributed by atoms with E-state index in [0.29, 0.717) is 35.1 Å². The van der Waals surface area contributed by atoms with E-state index in [1.165, 1.54) is 0 Å². The van der Waals surface area contributed by atoms with Crippen molar-refractivity contribution in [2.24, 2.45) is 0 Å². The van der Waals surface area contributed by atoms with Crippen LogP contribution in [0, 0.1) is 0 Å². The molecule has 0 bridgehead atoms. The first-order valence-corrected chi connectivity index (χ1v) is 8.27. The highest BCUT2D eigenvalue weighted by Gasteiger charge is 2.22. The van der Waals surface area contributed by atoms with Crippen molar-refractivity contribution in [2.75, 3.05) is 11.5 Å². The van der Waals surface area contributed by atoms with E-state index >= 15 is 0 Å². The number of fused-ring (bicyclic) bond motifs is 1. The van der Waals surface area contributed by atoms with E-state index in [9.17, 15) is 13.8 Å². The molecule has 1 saturated heterocycles. The van der Waals surface area contributed by atoms with Gasteiger partial charge in [-0.15, -0.1) is 0 Å². The molecular weight excluding hydrogens is 290 g/mol. The Bertz CT molecular complexity index is 761. The van der Waals surface area contributed by atoms with Crippen molar-refractivity contribution in [3.05, 3.63) is 40.3 Å². The van der Waals surface area contributed by atoms with E-state index in [-0.39, 0.29) is 23.2 Å². The Labute approximate surface area is 123 Å². The summed E-state index contributed by atoms with van der Waals surface area (Å²) in [6, 6.07) is 6.90. The number of hydrogen-bond donors (Lipinski definition) is 2. The highest BCUT2D eigenvalue weighted by atomic mass is 32.2. The number of aromatic nitrogens is 2. The number of nitrogens with zero attached hydrogens (tertiary/aromatic N) is 1. The first kappa shape index (κ1) is 13.9. The van der Waals surface area contributed by atoms with Crippen molar-refractivity contribution in [1.82, 2.24) is 15.5 Å². The van der Waals surface area contributed by atoms with Crippen molar-refractivity contribution in [3.63, 3.8) is 0 Å². The van der Waals surface area contributed by atoms with Crippen LogP contribution in [-0.4, -0.2) is 37.9 Å². The monoisotopic (exact) mass is 305 g/mol. The Hall–Kier alpha value is -2.02. The maximum Gasteiger partial charge on any atom is 0.272 e. The number of hydrogen-bond acceptors (Lipinski definition) is 4. The normalized spacial score (nSPS) is 22.1. The summed E-state index contributed by atoms with van der Waals surface area (Å²) in [6.07, 6.45) is 1.42. The molecule has 110 valence electrons. The van der Waals surface area contributed by atoms with Gasteiger partial charge in [-0.2, -0.15) is 5.10 Å². The number of rotatable bonds is 2. The summed E-state index contributed by atoms with van der Waals surface area (Å²) in [5, 5.41) is 10.1.